The normalized spacial score (nSPS) is 10.6. The van der Waals surface area contributed by atoms with Gasteiger partial charge in [0.2, 0.25) is 0 Å². The lowest BCUT2D eigenvalue weighted by Crippen LogP contribution is -2.28. The van der Waals surface area contributed by atoms with Crippen molar-refractivity contribution in [2.75, 3.05) is 13.2 Å². The molecule has 3 rings (SSSR count). The van der Waals surface area contributed by atoms with Crippen LogP contribution in [-0.2, 0) is 43.6 Å². The number of carbonyl (C=O) groups excluding carboxylic acids is 2. The summed E-state index contributed by atoms with van der Waals surface area (Å²) in [5, 5.41) is 0. The number of esters is 1. The molecule has 0 spiro atoms. The summed E-state index contributed by atoms with van der Waals surface area (Å²) in [5.74, 6) is 0.274. The molecular weight excluding hydrogens is 512 g/mol. The van der Waals surface area contributed by atoms with Crippen LogP contribution in [0.4, 0.5) is 0 Å². The third kappa shape index (κ3) is 17.2. The van der Waals surface area contributed by atoms with Crippen LogP contribution in [-0.4, -0.2) is 25.0 Å². The van der Waals surface area contributed by atoms with Crippen LogP contribution in [0.3, 0.4) is 0 Å². The maximum Gasteiger partial charge on any atom is 0.311 e. The van der Waals surface area contributed by atoms with E-state index in [0.29, 0.717) is 32.8 Å². The number of ketones is 1. The topological polar surface area (TPSA) is 61.8 Å². The molecule has 0 aliphatic rings. The monoisotopic (exact) mass is 562 g/mol. The zero-order chi connectivity index (χ0) is 30.5. The van der Waals surface area contributed by atoms with Crippen molar-refractivity contribution in [2.45, 2.75) is 81.1 Å². The molecule has 0 unspecified atom stereocenters. The van der Waals surface area contributed by atoms with Crippen LogP contribution in [0.25, 0.3) is 0 Å². The molecule has 3 aromatic carbocycles. The van der Waals surface area contributed by atoms with E-state index in [2.05, 4.69) is 50.2 Å². The van der Waals surface area contributed by atoms with E-state index in [1.165, 1.54) is 11.1 Å². The first kappa shape index (κ1) is 35.7. The van der Waals surface area contributed by atoms with E-state index in [4.69, 9.17) is 14.2 Å². The Morgan fingerprint density at radius 1 is 0.707 bits per heavy atom. The fourth-order valence-corrected chi connectivity index (χ4v) is 3.14. The van der Waals surface area contributed by atoms with Crippen LogP contribution in [0, 0.1) is 18.3 Å². The molecule has 3 aromatic rings. The van der Waals surface area contributed by atoms with E-state index in [1.54, 1.807) is 6.92 Å². The summed E-state index contributed by atoms with van der Waals surface area (Å²) in [7, 11) is 0. The summed E-state index contributed by atoms with van der Waals surface area (Å²) in [4.78, 5) is 22.5. The second kappa shape index (κ2) is 20.6. The minimum Gasteiger partial charge on any atom is -0.460 e. The SMILES string of the molecule is CC(=O)C(C)C.CCCOCc1ccc(COCCC(C)(C)C(=O)OCc2ccccc2)cc1.Cc1ccccc1. The third-order valence-corrected chi connectivity index (χ3v) is 6.30. The van der Waals surface area contributed by atoms with Crippen LogP contribution in [0.1, 0.15) is 76.6 Å². The molecule has 5 heteroatoms. The van der Waals surface area contributed by atoms with Crippen molar-refractivity contribution in [3.05, 3.63) is 107 Å². The number of benzene rings is 3. The molecule has 41 heavy (non-hydrogen) atoms. The summed E-state index contributed by atoms with van der Waals surface area (Å²) < 4.78 is 16.8. The highest BCUT2D eigenvalue weighted by Crippen LogP contribution is 2.23. The molecule has 0 fully saturated rings. The number of hydrogen-bond acceptors (Lipinski definition) is 5. The van der Waals surface area contributed by atoms with Gasteiger partial charge in [-0.3, -0.25) is 9.59 Å². The van der Waals surface area contributed by atoms with E-state index in [9.17, 15) is 9.59 Å². The Morgan fingerprint density at radius 2 is 1.15 bits per heavy atom. The molecule has 0 amide bonds. The Morgan fingerprint density at radius 3 is 1.56 bits per heavy atom. The molecule has 0 atom stereocenters. The van der Waals surface area contributed by atoms with Crippen LogP contribution >= 0.6 is 0 Å². The van der Waals surface area contributed by atoms with Gasteiger partial charge in [0.15, 0.2) is 0 Å². The second-order valence-corrected chi connectivity index (χ2v) is 11.0. The Kier molecular flexibility index (Phi) is 17.9. The molecular formula is C36H50O5. The largest absolute Gasteiger partial charge is 0.460 e. The molecule has 224 valence electrons. The maximum absolute atomic E-state index is 12.4. The van der Waals surface area contributed by atoms with Crippen molar-refractivity contribution < 1.29 is 23.8 Å². The van der Waals surface area contributed by atoms with Gasteiger partial charge in [-0.25, -0.2) is 0 Å². The quantitative estimate of drug-likeness (QED) is 0.154. The fraction of sp³-hybridized carbons (Fsp3) is 0.444. The number of hydrogen-bond donors (Lipinski definition) is 0. The van der Waals surface area contributed by atoms with Gasteiger partial charge in [-0.05, 0) is 57.2 Å². The summed E-state index contributed by atoms with van der Waals surface area (Å²) in [6, 6.07) is 28.2. The molecule has 0 aromatic heterocycles. The first-order chi connectivity index (χ1) is 19.5. The average molecular weight is 563 g/mol. The Bertz CT molecular complexity index is 1090. The van der Waals surface area contributed by atoms with Gasteiger partial charge >= 0.3 is 5.97 Å². The summed E-state index contributed by atoms with van der Waals surface area (Å²) in [6.45, 7) is 16.1. The van der Waals surface area contributed by atoms with Crippen molar-refractivity contribution in [1.82, 2.24) is 0 Å². The van der Waals surface area contributed by atoms with Gasteiger partial charge in [0, 0.05) is 19.1 Å². The predicted octanol–water partition coefficient (Wildman–Crippen LogP) is 8.52. The molecule has 5 nitrogen and oxygen atoms in total. The number of ether oxygens (including phenoxy) is 3. The minimum absolute atomic E-state index is 0.198. The Labute approximate surface area is 248 Å². The Hall–Kier alpha value is -3.28. The number of carbonyl (C=O) groups is 2. The van der Waals surface area contributed by atoms with E-state index < -0.39 is 5.41 Å². The van der Waals surface area contributed by atoms with Crippen LogP contribution in [0.15, 0.2) is 84.9 Å². The molecule has 0 bridgehead atoms. The summed E-state index contributed by atoms with van der Waals surface area (Å²) >= 11 is 0. The Balaban J connectivity index is 0.000000529. The molecule has 0 saturated heterocycles. The molecule has 0 saturated carbocycles. The van der Waals surface area contributed by atoms with Crippen LogP contribution in [0.5, 0.6) is 0 Å². The van der Waals surface area contributed by atoms with Gasteiger partial charge in [-0.1, -0.05) is 111 Å². The smallest absolute Gasteiger partial charge is 0.311 e. The molecule has 0 heterocycles. The van der Waals surface area contributed by atoms with E-state index in [-0.39, 0.29) is 17.7 Å². The molecule has 0 aliphatic heterocycles. The standard InChI is InChI=1S/C24H32O4.C7H8.C5H10O/c1-4-15-26-17-21-10-12-22(13-11-21)18-27-16-14-24(2,3)23(25)28-19-20-8-6-5-7-9-20;1-7-5-3-2-4-6-7;1-4(2)5(3)6/h5-13H,4,14-19H2,1-3H3;2-6H,1H3;4H,1-3H3. The van der Waals surface area contributed by atoms with Gasteiger partial charge in [0.1, 0.15) is 12.4 Å². The lowest BCUT2D eigenvalue weighted by molar-refractivity contribution is -0.156. The number of aryl methyl sites for hydroxylation is 1. The van der Waals surface area contributed by atoms with Gasteiger partial charge in [0.25, 0.3) is 0 Å². The van der Waals surface area contributed by atoms with Gasteiger partial charge in [-0.2, -0.15) is 0 Å². The highest BCUT2D eigenvalue weighted by molar-refractivity contribution is 5.77. The first-order valence-electron chi connectivity index (χ1n) is 14.5. The van der Waals surface area contributed by atoms with E-state index >= 15 is 0 Å². The van der Waals surface area contributed by atoms with Crippen molar-refractivity contribution in [3.63, 3.8) is 0 Å². The summed E-state index contributed by atoms with van der Waals surface area (Å²) in [6.07, 6.45) is 1.64. The lowest BCUT2D eigenvalue weighted by Gasteiger charge is -2.22. The molecule has 0 radical (unpaired) electrons. The summed E-state index contributed by atoms with van der Waals surface area (Å²) in [5.41, 5.74) is 4.02. The van der Waals surface area contributed by atoms with Crippen LogP contribution < -0.4 is 0 Å². The molecule has 0 N–H and O–H groups in total. The second-order valence-electron chi connectivity index (χ2n) is 11.0. The van der Waals surface area contributed by atoms with Crippen molar-refractivity contribution in [1.29, 1.82) is 0 Å². The van der Waals surface area contributed by atoms with E-state index in [1.807, 2.05) is 76.2 Å². The maximum atomic E-state index is 12.4. The van der Waals surface area contributed by atoms with Gasteiger partial charge < -0.3 is 14.2 Å². The zero-order valence-electron chi connectivity index (χ0n) is 26.2. The number of rotatable bonds is 13. The fourth-order valence-electron chi connectivity index (χ4n) is 3.14. The van der Waals surface area contributed by atoms with E-state index in [0.717, 1.165) is 24.2 Å². The van der Waals surface area contributed by atoms with Crippen molar-refractivity contribution in [3.8, 4) is 0 Å². The first-order valence-corrected chi connectivity index (χ1v) is 14.5. The third-order valence-electron chi connectivity index (χ3n) is 6.30. The minimum atomic E-state index is -0.574. The van der Waals surface area contributed by atoms with Crippen molar-refractivity contribution >= 4 is 11.8 Å². The molecule has 0 aliphatic carbocycles. The predicted molar refractivity (Wildman–Crippen MR) is 167 cm³/mol. The number of Topliss-reactive ketones (excluding diaryl/α,β-unsaturated/α-hetero) is 1. The lowest BCUT2D eigenvalue weighted by atomic mass is 9.90. The zero-order valence-corrected chi connectivity index (χ0v) is 26.2. The highest BCUT2D eigenvalue weighted by Gasteiger charge is 2.29. The van der Waals surface area contributed by atoms with Crippen molar-refractivity contribution in [2.24, 2.45) is 11.3 Å². The highest BCUT2D eigenvalue weighted by atomic mass is 16.5. The van der Waals surface area contributed by atoms with Gasteiger partial charge in [0.05, 0.1) is 18.6 Å². The average Bonchev–Trinajstić information content (AvgIpc) is 2.96. The van der Waals surface area contributed by atoms with Gasteiger partial charge in [-0.15, -0.1) is 0 Å². The van der Waals surface area contributed by atoms with Crippen LogP contribution in [0.2, 0.25) is 0 Å².